The van der Waals surface area contributed by atoms with Gasteiger partial charge in [-0.15, -0.1) is 0 Å². The SMILES string of the molecule is CCNC(C)c1ccc(OCC2CCCCC2)cc1F. The van der Waals surface area contributed by atoms with Crippen LogP contribution in [0.5, 0.6) is 5.75 Å². The van der Waals surface area contributed by atoms with E-state index in [1.165, 1.54) is 38.2 Å². The molecule has 0 aromatic heterocycles. The Kier molecular flexibility index (Phi) is 5.84. The van der Waals surface area contributed by atoms with E-state index < -0.39 is 0 Å². The fourth-order valence-corrected chi connectivity index (χ4v) is 2.93. The molecule has 3 heteroatoms. The summed E-state index contributed by atoms with van der Waals surface area (Å²) in [5.41, 5.74) is 0.705. The van der Waals surface area contributed by atoms with E-state index in [4.69, 9.17) is 4.74 Å². The number of hydrogen-bond donors (Lipinski definition) is 1. The summed E-state index contributed by atoms with van der Waals surface area (Å²) in [6, 6.07) is 5.27. The molecule has 0 spiro atoms. The molecule has 2 nitrogen and oxygen atoms in total. The quantitative estimate of drug-likeness (QED) is 0.830. The molecule has 0 aliphatic heterocycles. The minimum Gasteiger partial charge on any atom is -0.493 e. The summed E-state index contributed by atoms with van der Waals surface area (Å²) in [5, 5.41) is 3.22. The third-order valence-corrected chi connectivity index (χ3v) is 4.16. The standard InChI is InChI=1S/C17H26FNO/c1-3-19-13(2)16-10-9-15(11-17(16)18)20-12-14-7-5-4-6-8-14/h9-11,13-14,19H,3-8,12H2,1-2H3. The summed E-state index contributed by atoms with van der Waals surface area (Å²) < 4.78 is 19.8. The highest BCUT2D eigenvalue weighted by Crippen LogP contribution is 2.26. The molecule has 1 atom stereocenters. The van der Waals surface area contributed by atoms with Crippen LogP contribution in [0.25, 0.3) is 0 Å². The lowest BCUT2D eigenvalue weighted by Gasteiger charge is -2.22. The molecule has 1 aromatic rings. The van der Waals surface area contributed by atoms with Crippen molar-refractivity contribution in [1.29, 1.82) is 0 Å². The lowest BCUT2D eigenvalue weighted by molar-refractivity contribution is 0.208. The molecule has 1 unspecified atom stereocenters. The Morgan fingerprint density at radius 2 is 2.05 bits per heavy atom. The highest BCUT2D eigenvalue weighted by molar-refractivity contribution is 5.30. The van der Waals surface area contributed by atoms with Crippen LogP contribution < -0.4 is 10.1 Å². The van der Waals surface area contributed by atoms with Gasteiger partial charge in [0, 0.05) is 17.7 Å². The van der Waals surface area contributed by atoms with E-state index in [0.29, 0.717) is 17.2 Å². The van der Waals surface area contributed by atoms with Crippen LogP contribution in [-0.4, -0.2) is 13.2 Å². The van der Waals surface area contributed by atoms with Crippen LogP contribution in [0.2, 0.25) is 0 Å². The monoisotopic (exact) mass is 279 g/mol. The highest BCUT2D eigenvalue weighted by atomic mass is 19.1. The Morgan fingerprint density at radius 1 is 1.30 bits per heavy atom. The second kappa shape index (κ2) is 7.63. The average Bonchev–Trinajstić information content (AvgIpc) is 2.46. The zero-order valence-electron chi connectivity index (χ0n) is 12.6. The predicted molar refractivity (Wildman–Crippen MR) is 80.6 cm³/mol. The lowest BCUT2D eigenvalue weighted by atomic mass is 9.90. The van der Waals surface area contributed by atoms with Gasteiger partial charge in [0.2, 0.25) is 0 Å². The molecular weight excluding hydrogens is 253 g/mol. The van der Waals surface area contributed by atoms with Gasteiger partial charge >= 0.3 is 0 Å². The van der Waals surface area contributed by atoms with Gasteiger partial charge in [-0.1, -0.05) is 32.3 Å². The van der Waals surface area contributed by atoms with E-state index in [1.807, 2.05) is 26.0 Å². The summed E-state index contributed by atoms with van der Waals surface area (Å²) in [5.74, 6) is 1.12. The second-order valence-corrected chi connectivity index (χ2v) is 5.78. The van der Waals surface area contributed by atoms with Gasteiger partial charge in [-0.3, -0.25) is 0 Å². The molecule has 1 fully saturated rings. The maximum Gasteiger partial charge on any atom is 0.131 e. The fourth-order valence-electron chi connectivity index (χ4n) is 2.93. The van der Waals surface area contributed by atoms with Gasteiger partial charge in [-0.25, -0.2) is 4.39 Å². The van der Waals surface area contributed by atoms with Crippen LogP contribution >= 0.6 is 0 Å². The largest absolute Gasteiger partial charge is 0.493 e. The Labute approximate surface area is 121 Å². The lowest BCUT2D eigenvalue weighted by Crippen LogP contribution is -2.19. The number of hydrogen-bond acceptors (Lipinski definition) is 2. The molecule has 0 heterocycles. The first-order chi connectivity index (χ1) is 9.70. The van der Waals surface area contributed by atoms with E-state index in [-0.39, 0.29) is 11.9 Å². The highest BCUT2D eigenvalue weighted by Gasteiger charge is 2.15. The van der Waals surface area contributed by atoms with E-state index in [1.54, 1.807) is 0 Å². The van der Waals surface area contributed by atoms with Crippen LogP contribution in [0.1, 0.15) is 57.6 Å². The smallest absolute Gasteiger partial charge is 0.131 e. The summed E-state index contributed by atoms with van der Waals surface area (Å²) in [6.07, 6.45) is 6.46. The maximum atomic E-state index is 14.1. The normalized spacial score (nSPS) is 17.9. The van der Waals surface area contributed by atoms with Crippen molar-refractivity contribution in [1.82, 2.24) is 5.32 Å². The van der Waals surface area contributed by atoms with Crippen molar-refractivity contribution >= 4 is 0 Å². The second-order valence-electron chi connectivity index (χ2n) is 5.78. The maximum absolute atomic E-state index is 14.1. The van der Waals surface area contributed by atoms with Crippen molar-refractivity contribution in [2.45, 2.75) is 52.0 Å². The Bertz CT molecular complexity index is 415. The van der Waals surface area contributed by atoms with Crippen LogP contribution in [0.4, 0.5) is 4.39 Å². The number of rotatable bonds is 6. The average molecular weight is 279 g/mol. The first-order valence-corrected chi connectivity index (χ1v) is 7.86. The van der Waals surface area contributed by atoms with Gasteiger partial charge in [0.1, 0.15) is 11.6 Å². The van der Waals surface area contributed by atoms with Crippen molar-refractivity contribution in [3.63, 3.8) is 0 Å². The number of halogens is 1. The Hall–Kier alpha value is -1.09. The molecule has 20 heavy (non-hydrogen) atoms. The predicted octanol–water partition coefficient (Wildman–Crippen LogP) is 4.46. The third-order valence-electron chi connectivity index (χ3n) is 4.16. The molecule has 0 radical (unpaired) electrons. The molecule has 0 saturated heterocycles. The van der Waals surface area contributed by atoms with Crippen molar-refractivity contribution in [2.75, 3.05) is 13.2 Å². The Balaban J connectivity index is 1.91. The van der Waals surface area contributed by atoms with Crippen LogP contribution in [-0.2, 0) is 0 Å². The molecular formula is C17H26FNO. The molecule has 1 aromatic carbocycles. The Morgan fingerprint density at radius 3 is 2.70 bits per heavy atom. The first kappa shape index (κ1) is 15.3. The van der Waals surface area contributed by atoms with Gasteiger partial charge in [-0.05, 0) is 38.3 Å². The van der Waals surface area contributed by atoms with E-state index in [2.05, 4.69) is 5.32 Å². The minimum atomic E-state index is -0.181. The van der Waals surface area contributed by atoms with Gasteiger partial charge in [0.15, 0.2) is 0 Å². The third kappa shape index (κ3) is 4.20. The molecule has 0 amide bonds. The van der Waals surface area contributed by atoms with Crippen molar-refractivity contribution < 1.29 is 9.13 Å². The summed E-state index contributed by atoms with van der Waals surface area (Å²) in [4.78, 5) is 0. The van der Waals surface area contributed by atoms with Crippen LogP contribution in [0.15, 0.2) is 18.2 Å². The molecule has 1 saturated carbocycles. The molecule has 0 bridgehead atoms. The van der Waals surface area contributed by atoms with Crippen molar-refractivity contribution in [3.8, 4) is 5.75 Å². The molecule has 1 N–H and O–H groups in total. The van der Waals surface area contributed by atoms with E-state index in [0.717, 1.165) is 13.2 Å². The summed E-state index contributed by atoms with van der Waals surface area (Å²) in [7, 11) is 0. The van der Waals surface area contributed by atoms with E-state index in [9.17, 15) is 4.39 Å². The molecule has 112 valence electrons. The zero-order chi connectivity index (χ0) is 14.4. The molecule has 1 aliphatic carbocycles. The van der Waals surface area contributed by atoms with Gasteiger partial charge < -0.3 is 10.1 Å². The first-order valence-electron chi connectivity index (χ1n) is 7.86. The fraction of sp³-hybridized carbons (Fsp3) is 0.647. The van der Waals surface area contributed by atoms with Gasteiger partial charge in [-0.2, -0.15) is 0 Å². The van der Waals surface area contributed by atoms with Crippen LogP contribution in [0, 0.1) is 11.7 Å². The number of ether oxygens (including phenoxy) is 1. The van der Waals surface area contributed by atoms with Crippen molar-refractivity contribution in [2.24, 2.45) is 5.92 Å². The van der Waals surface area contributed by atoms with Crippen LogP contribution in [0.3, 0.4) is 0 Å². The topological polar surface area (TPSA) is 21.3 Å². The van der Waals surface area contributed by atoms with Gasteiger partial charge in [0.05, 0.1) is 6.61 Å². The summed E-state index contributed by atoms with van der Waals surface area (Å²) in [6.45, 7) is 5.56. The zero-order valence-corrected chi connectivity index (χ0v) is 12.6. The minimum absolute atomic E-state index is 0.0346. The summed E-state index contributed by atoms with van der Waals surface area (Å²) >= 11 is 0. The van der Waals surface area contributed by atoms with Gasteiger partial charge in [0.25, 0.3) is 0 Å². The van der Waals surface area contributed by atoms with Crippen molar-refractivity contribution in [3.05, 3.63) is 29.6 Å². The van der Waals surface area contributed by atoms with E-state index >= 15 is 0 Å². The number of nitrogens with one attached hydrogen (secondary N) is 1. The number of benzene rings is 1. The molecule has 2 rings (SSSR count). The molecule has 1 aliphatic rings.